The van der Waals surface area contributed by atoms with Crippen molar-refractivity contribution in [2.24, 2.45) is 0 Å². The van der Waals surface area contributed by atoms with Crippen molar-refractivity contribution >= 4 is 11.6 Å². The lowest BCUT2D eigenvalue weighted by Gasteiger charge is -2.03. The Labute approximate surface area is 135 Å². The maximum absolute atomic E-state index is 6.18. The number of hydrogen-bond acceptors (Lipinski definition) is 3. The summed E-state index contributed by atoms with van der Waals surface area (Å²) in [5.74, 6) is 1.70. The van der Waals surface area contributed by atoms with Crippen molar-refractivity contribution in [3.05, 3.63) is 77.3 Å². The number of aromatic nitrogens is 1. The van der Waals surface area contributed by atoms with E-state index < -0.39 is 0 Å². The van der Waals surface area contributed by atoms with Crippen molar-refractivity contribution in [1.82, 2.24) is 10.3 Å². The summed E-state index contributed by atoms with van der Waals surface area (Å²) in [6.45, 7) is 1.58. The smallest absolute Gasteiger partial charge is 0.135 e. The first-order valence-corrected chi connectivity index (χ1v) is 7.64. The molecule has 4 heteroatoms. The number of nitrogens with zero attached hydrogens (tertiary/aromatic N) is 1. The Morgan fingerprint density at radius 1 is 1.05 bits per heavy atom. The molecule has 0 aliphatic rings. The van der Waals surface area contributed by atoms with Crippen LogP contribution in [0.15, 0.2) is 65.3 Å². The normalized spacial score (nSPS) is 10.8. The van der Waals surface area contributed by atoms with Crippen molar-refractivity contribution in [1.29, 1.82) is 0 Å². The molecule has 0 amide bonds. The average molecular weight is 313 g/mol. The highest BCUT2D eigenvalue weighted by atomic mass is 35.5. The Bertz CT molecular complexity index is 725. The van der Waals surface area contributed by atoms with Crippen LogP contribution in [0.5, 0.6) is 0 Å². The van der Waals surface area contributed by atoms with Gasteiger partial charge in [-0.1, -0.05) is 29.8 Å². The second kappa shape index (κ2) is 7.25. The van der Waals surface area contributed by atoms with E-state index in [1.54, 1.807) is 6.20 Å². The van der Waals surface area contributed by atoms with Gasteiger partial charge in [0.1, 0.15) is 11.5 Å². The first kappa shape index (κ1) is 14.8. The van der Waals surface area contributed by atoms with Gasteiger partial charge in [-0.3, -0.25) is 4.98 Å². The lowest BCUT2D eigenvalue weighted by Crippen LogP contribution is -2.16. The molecule has 0 fully saturated rings. The molecule has 112 valence electrons. The number of rotatable bonds is 6. The fraction of sp³-hybridized carbons (Fsp3) is 0.167. The molecule has 0 saturated carbocycles. The van der Waals surface area contributed by atoms with Crippen LogP contribution >= 0.6 is 11.6 Å². The average Bonchev–Trinajstić information content (AvgIpc) is 3.02. The molecule has 3 rings (SSSR count). The molecule has 22 heavy (non-hydrogen) atoms. The van der Waals surface area contributed by atoms with Gasteiger partial charge in [-0.25, -0.2) is 0 Å². The Morgan fingerprint density at radius 3 is 2.77 bits per heavy atom. The Kier molecular flexibility index (Phi) is 4.88. The second-order valence-electron chi connectivity index (χ2n) is 5.03. The molecule has 0 saturated heterocycles. The van der Waals surface area contributed by atoms with Crippen molar-refractivity contribution in [3.8, 4) is 11.3 Å². The lowest BCUT2D eigenvalue weighted by atomic mass is 10.2. The van der Waals surface area contributed by atoms with Crippen LogP contribution in [0.3, 0.4) is 0 Å². The quantitative estimate of drug-likeness (QED) is 0.689. The minimum atomic E-state index is 0.699. The molecule has 1 N–H and O–H groups in total. The zero-order valence-electron chi connectivity index (χ0n) is 12.1. The SMILES string of the molecule is Clc1ccccc1-c1ccc(CNCCc2cccnc2)o1. The van der Waals surface area contributed by atoms with Gasteiger partial charge >= 0.3 is 0 Å². The molecule has 0 unspecified atom stereocenters. The largest absolute Gasteiger partial charge is 0.460 e. The van der Waals surface area contributed by atoms with Crippen LogP contribution in [0.25, 0.3) is 11.3 Å². The summed E-state index contributed by atoms with van der Waals surface area (Å²) in [6.07, 6.45) is 4.63. The van der Waals surface area contributed by atoms with Crippen LogP contribution in [-0.4, -0.2) is 11.5 Å². The predicted molar refractivity (Wildman–Crippen MR) is 88.8 cm³/mol. The first-order valence-electron chi connectivity index (χ1n) is 7.26. The number of furan rings is 1. The van der Waals surface area contributed by atoms with E-state index in [1.807, 2.05) is 48.7 Å². The molecule has 0 spiro atoms. The van der Waals surface area contributed by atoms with Crippen molar-refractivity contribution in [2.75, 3.05) is 6.54 Å². The van der Waals surface area contributed by atoms with E-state index in [4.69, 9.17) is 16.0 Å². The summed E-state index contributed by atoms with van der Waals surface area (Å²) in [5.41, 5.74) is 2.15. The minimum absolute atomic E-state index is 0.699. The Morgan fingerprint density at radius 2 is 1.95 bits per heavy atom. The summed E-state index contributed by atoms with van der Waals surface area (Å²) < 4.78 is 5.84. The molecular weight excluding hydrogens is 296 g/mol. The monoisotopic (exact) mass is 312 g/mol. The first-order chi connectivity index (χ1) is 10.8. The van der Waals surface area contributed by atoms with Gasteiger partial charge < -0.3 is 9.73 Å². The van der Waals surface area contributed by atoms with Crippen molar-refractivity contribution in [2.45, 2.75) is 13.0 Å². The fourth-order valence-electron chi connectivity index (χ4n) is 2.27. The number of halogens is 1. The fourth-order valence-corrected chi connectivity index (χ4v) is 2.50. The van der Waals surface area contributed by atoms with Gasteiger partial charge in [0.25, 0.3) is 0 Å². The summed E-state index contributed by atoms with van der Waals surface area (Å²) in [6, 6.07) is 15.7. The molecule has 2 heterocycles. The summed E-state index contributed by atoms with van der Waals surface area (Å²) in [7, 11) is 0. The highest BCUT2D eigenvalue weighted by molar-refractivity contribution is 6.33. The Balaban J connectivity index is 1.53. The van der Waals surface area contributed by atoms with E-state index in [2.05, 4.69) is 16.4 Å². The van der Waals surface area contributed by atoms with Gasteiger partial charge in [0, 0.05) is 18.0 Å². The summed E-state index contributed by atoms with van der Waals surface area (Å²) in [5, 5.41) is 4.08. The van der Waals surface area contributed by atoms with E-state index in [0.717, 1.165) is 30.0 Å². The molecule has 3 nitrogen and oxygen atoms in total. The second-order valence-corrected chi connectivity index (χ2v) is 5.44. The van der Waals surface area contributed by atoms with E-state index in [-0.39, 0.29) is 0 Å². The molecule has 0 atom stereocenters. The maximum Gasteiger partial charge on any atom is 0.135 e. The van der Waals surface area contributed by atoms with Crippen LogP contribution < -0.4 is 5.32 Å². The number of benzene rings is 1. The van der Waals surface area contributed by atoms with Gasteiger partial charge in [0.05, 0.1) is 11.6 Å². The molecule has 0 aliphatic heterocycles. The molecular formula is C18H17ClN2O. The minimum Gasteiger partial charge on any atom is -0.460 e. The number of hydrogen-bond donors (Lipinski definition) is 1. The topological polar surface area (TPSA) is 38.1 Å². The van der Waals surface area contributed by atoms with Gasteiger partial charge in [0.2, 0.25) is 0 Å². The van der Waals surface area contributed by atoms with Gasteiger partial charge in [0.15, 0.2) is 0 Å². The van der Waals surface area contributed by atoms with Crippen LogP contribution in [0.2, 0.25) is 5.02 Å². The number of pyridine rings is 1. The summed E-state index contributed by atoms with van der Waals surface area (Å²) in [4.78, 5) is 4.11. The van der Waals surface area contributed by atoms with Crippen LogP contribution in [0, 0.1) is 0 Å². The van der Waals surface area contributed by atoms with E-state index in [1.165, 1.54) is 5.56 Å². The zero-order valence-corrected chi connectivity index (χ0v) is 12.9. The third-order valence-electron chi connectivity index (χ3n) is 3.41. The third-order valence-corrected chi connectivity index (χ3v) is 3.74. The molecule has 0 radical (unpaired) electrons. The van der Waals surface area contributed by atoms with E-state index in [9.17, 15) is 0 Å². The van der Waals surface area contributed by atoms with Gasteiger partial charge in [-0.05, 0) is 48.9 Å². The summed E-state index contributed by atoms with van der Waals surface area (Å²) >= 11 is 6.18. The molecule has 0 aliphatic carbocycles. The zero-order chi connectivity index (χ0) is 15.2. The van der Waals surface area contributed by atoms with E-state index in [0.29, 0.717) is 11.6 Å². The molecule has 2 aromatic heterocycles. The highest BCUT2D eigenvalue weighted by Crippen LogP contribution is 2.28. The third kappa shape index (κ3) is 3.75. The lowest BCUT2D eigenvalue weighted by molar-refractivity contribution is 0.494. The maximum atomic E-state index is 6.18. The highest BCUT2D eigenvalue weighted by Gasteiger charge is 2.07. The van der Waals surface area contributed by atoms with Gasteiger partial charge in [-0.15, -0.1) is 0 Å². The standard InChI is InChI=1S/C18H17ClN2O/c19-17-6-2-1-5-16(17)18-8-7-15(22-18)13-21-11-9-14-4-3-10-20-12-14/h1-8,10,12,21H,9,11,13H2. The van der Waals surface area contributed by atoms with Gasteiger partial charge in [-0.2, -0.15) is 0 Å². The molecule has 0 bridgehead atoms. The van der Waals surface area contributed by atoms with Crippen LogP contribution in [-0.2, 0) is 13.0 Å². The molecule has 1 aromatic carbocycles. The Hall–Kier alpha value is -2.10. The molecule has 3 aromatic rings. The van der Waals surface area contributed by atoms with Crippen molar-refractivity contribution < 1.29 is 4.42 Å². The number of nitrogens with one attached hydrogen (secondary N) is 1. The van der Waals surface area contributed by atoms with Crippen LogP contribution in [0.1, 0.15) is 11.3 Å². The van der Waals surface area contributed by atoms with Crippen LogP contribution in [0.4, 0.5) is 0 Å². The predicted octanol–water partition coefficient (Wildman–Crippen LogP) is 4.33. The van der Waals surface area contributed by atoms with Crippen molar-refractivity contribution in [3.63, 3.8) is 0 Å². The van der Waals surface area contributed by atoms with E-state index >= 15 is 0 Å².